The van der Waals surface area contributed by atoms with Crippen molar-refractivity contribution in [2.45, 2.75) is 25.3 Å². The number of rotatable bonds is 2. The van der Waals surface area contributed by atoms with Gasteiger partial charge in [0.15, 0.2) is 5.82 Å². The van der Waals surface area contributed by atoms with Crippen LogP contribution in [0, 0.1) is 0 Å². The van der Waals surface area contributed by atoms with Gasteiger partial charge in [0.25, 0.3) is 0 Å². The predicted molar refractivity (Wildman–Crippen MR) is 103 cm³/mol. The van der Waals surface area contributed by atoms with E-state index in [-0.39, 0.29) is 11.9 Å². The monoisotopic (exact) mass is 369 g/mol. The van der Waals surface area contributed by atoms with Crippen LogP contribution in [0.1, 0.15) is 30.1 Å². The lowest BCUT2D eigenvalue weighted by Crippen LogP contribution is -2.46. The number of hydrogen-bond acceptors (Lipinski definition) is 6. The molecule has 26 heavy (non-hydrogen) atoms. The van der Waals surface area contributed by atoms with Crippen molar-refractivity contribution < 1.29 is 5.11 Å². The molecular weight excluding hydrogens is 346 g/mol. The van der Waals surface area contributed by atoms with Gasteiger partial charge in [-0.1, -0.05) is 0 Å². The maximum Gasteiger partial charge on any atom is 0.220 e. The predicted octanol–water partition coefficient (Wildman–Crippen LogP) is 2.81. The maximum absolute atomic E-state index is 11.1. The Hall–Kier alpha value is -1.96. The van der Waals surface area contributed by atoms with Gasteiger partial charge in [0.2, 0.25) is 5.88 Å². The number of thiophene rings is 1. The Morgan fingerprint density at radius 1 is 1.19 bits per heavy atom. The van der Waals surface area contributed by atoms with Crippen LogP contribution in [0.4, 0.5) is 0 Å². The van der Waals surface area contributed by atoms with Crippen molar-refractivity contribution in [2.24, 2.45) is 0 Å². The zero-order valence-corrected chi connectivity index (χ0v) is 15.7. The molecule has 0 saturated carbocycles. The molecule has 1 unspecified atom stereocenters. The summed E-state index contributed by atoms with van der Waals surface area (Å²) in [6, 6.07) is 4.33. The summed E-state index contributed by atoms with van der Waals surface area (Å²) < 4.78 is 2.83. The Morgan fingerprint density at radius 2 is 2.04 bits per heavy atom. The third-order valence-corrected chi connectivity index (χ3v) is 6.62. The molecule has 0 spiro atoms. The van der Waals surface area contributed by atoms with Gasteiger partial charge in [0, 0.05) is 48.5 Å². The first kappa shape index (κ1) is 16.2. The lowest BCUT2D eigenvalue weighted by atomic mass is 9.91. The fourth-order valence-corrected chi connectivity index (χ4v) is 5.07. The van der Waals surface area contributed by atoms with E-state index in [1.807, 2.05) is 6.07 Å². The average molecular weight is 369 g/mol. The molecule has 0 radical (unpaired) electrons. The first-order valence-corrected chi connectivity index (χ1v) is 10.2. The van der Waals surface area contributed by atoms with Gasteiger partial charge in [-0.05, 0) is 43.8 Å². The first-order chi connectivity index (χ1) is 12.7. The number of aromatic hydroxyl groups is 1. The van der Waals surface area contributed by atoms with Crippen LogP contribution in [0.3, 0.4) is 0 Å². The van der Waals surface area contributed by atoms with Gasteiger partial charge in [0.05, 0.1) is 11.3 Å². The van der Waals surface area contributed by atoms with E-state index >= 15 is 0 Å². The molecule has 136 valence electrons. The van der Waals surface area contributed by atoms with E-state index in [9.17, 15) is 5.11 Å². The zero-order chi connectivity index (χ0) is 17.7. The van der Waals surface area contributed by atoms with Crippen LogP contribution in [0.5, 0.6) is 5.88 Å². The number of aromatic nitrogens is 3. The second-order valence-electron chi connectivity index (χ2n) is 7.31. The summed E-state index contributed by atoms with van der Waals surface area (Å²) in [5, 5.41) is 19.0. The summed E-state index contributed by atoms with van der Waals surface area (Å²) in [7, 11) is 2.17. The molecule has 3 aromatic rings. The second-order valence-corrected chi connectivity index (χ2v) is 8.26. The molecule has 3 aromatic heterocycles. The minimum Gasteiger partial charge on any atom is -0.493 e. The van der Waals surface area contributed by atoms with Crippen LogP contribution in [-0.2, 0) is 6.42 Å². The van der Waals surface area contributed by atoms with E-state index in [4.69, 9.17) is 5.10 Å². The summed E-state index contributed by atoms with van der Waals surface area (Å²) in [4.78, 5) is 9.41. The summed E-state index contributed by atoms with van der Waals surface area (Å²) in [6.07, 6.45) is 4.94. The number of hydrogen-bond donors (Lipinski definition) is 1. The Balaban J connectivity index is 1.58. The van der Waals surface area contributed by atoms with Crippen molar-refractivity contribution in [3.63, 3.8) is 0 Å². The number of aryl methyl sites for hydroxylation is 1. The standard InChI is InChI=1S/C19H23N5OS/c1-22-8-10-23(11-9-22)15-4-2-3-14-17(15)19(25)24(21-14)18-13-6-12-26-16(13)5-7-20-18/h5-7,12,15,25H,2-4,8-11H2,1H3. The maximum atomic E-state index is 11.1. The van der Waals surface area contributed by atoms with E-state index in [1.54, 1.807) is 22.2 Å². The quantitative estimate of drug-likeness (QED) is 0.753. The molecule has 4 heterocycles. The molecule has 6 nitrogen and oxygen atoms in total. The van der Waals surface area contributed by atoms with Crippen LogP contribution in [0.25, 0.3) is 15.9 Å². The van der Waals surface area contributed by atoms with E-state index in [1.165, 1.54) is 4.70 Å². The summed E-state index contributed by atoms with van der Waals surface area (Å²) >= 11 is 1.68. The minimum absolute atomic E-state index is 0.267. The molecule has 0 aromatic carbocycles. The summed E-state index contributed by atoms with van der Waals surface area (Å²) in [6.45, 7) is 4.25. The second kappa shape index (κ2) is 6.33. The average Bonchev–Trinajstić information content (AvgIpc) is 3.27. The van der Waals surface area contributed by atoms with Crippen molar-refractivity contribution in [1.29, 1.82) is 0 Å². The molecule has 0 bridgehead atoms. The molecule has 1 aliphatic carbocycles. The number of nitrogens with zero attached hydrogens (tertiary/aromatic N) is 5. The molecule has 1 atom stereocenters. The molecule has 1 fully saturated rings. The van der Waals surface area contributed by atoms with E-state index in [0.29, 0.717) is 0 Å². The Morgan fingerprint density at radius 3 is 2.88 bits per heavy atom. The number of likely N-dealkylation sites (N-methyl/N-ethyl adjacent to an activating group) is 1. The van der Waals surface area contributed by atoms with Crippen LogP contribution in [0.15, 0.2) is 23.7 Å². The third kappa shape index (κ3) is 2.53. The van der Waals surface area contributed by atoms with Crippen molar-refractivity contribution in [1.82, 2.24) is 24.6 Å². The number of piperazine rings is 1. The van der Waals surface area contributed by atoms with Crippen LogP contribution >= 0.6 is 11.3 Å². The van der Waals surface area contributed by atoms with Crippen LogP contribution in [-0.4, -0.2) is 62.9 Å². The highest BCUT2D eigenvalue weighted by atomic mass is 32.1. The SMILES string of the molecule is CN1CCN(C2CCCc3nn(-c4nccc5sccc45)c(O)c32)CC1. The minimum atomic E-state index is 0.267. The van der Waals surface area contributed by atoms with Crippen molar-refractivity contribution in [3.05, 3.63) is 35.0 Å². The fourth-order valence-electron chi connectivity index (χ4n) is 4.29. The smallest absolute Gasteiger partial charge is 0.220 e. The van der Waals surface area contributed by atoms with E-state index < -0.39 is 0 Å². The summed E-state index contributed by atoms with van der Waals surface area (Å²) in [5.74, 6) is 1.00. The molecule has 1 N–H and O–H groups in total. The van der Waals surface area contributed by atoms with Gasteiger partial charge in [0.1, 0.15) is 0 Å². The van der Waals surface area contributed by atoms with E-state index in [2.05, 4.69) is 33.3 Å². The number of fused-ring (bicyclic) bond motifs is 2. The van der Waals surface area contributed by atoms with Gasteiger partial charge < -0.3 is 10.0 Å². The van der Waals surface area contributed by atoms with Crippen LogP contribution in [0.2, 0.25) is 0 Å². The summed E-state index contributed by atoms with van der Waals surface area (Å²) in [5.41, 5.74) is 2.06. The molecule has 5 rings (SSSR count). The Bertz CT molecular complexity index is 941. The van der Waals surface area contributed by atoms with E-state index in [0.717, 1.165) is 67.9 Å². The van der Waals surface area contributed by atoms with Gasteiger partial charge in [-0.3, -0.25) is 4.90 Å². The van der Waals surface area contributed by atoms with Crippen molar-refractivity contribution >= 4 is 21.4 Å². The first-order valence-electron chi connectivity index (χ1n) is 9.28. The Labute approximate surface area is 156 Å². The molecule has 0 amide bonds. The largest absolute Gasteiger partial charge is 0.493 e. The van der Waals surface area contributed by atoms with Crippen molar-refractivity contribution in [2.75, 3.05) is 33.2 Å². The highest BCUT2D eigenvalue weighted by molar-refractivity contribution is 7.17. The van der Waals surface area contributed by atoms with Gasteiger partial charge in [-0.2, -0.15) is 9.78 Å². The molecule has 7 heteroatoms. The van der Waals surface area contributed by atoms with Gasteiger partial charge in [-0.15, -0.1) is 11.3 Å². The third-order valence-electron chi connectivity index (χ3n) is 5.74. The van der Waals surface area contributed by atoms with Gasteiger partial charge in [-0.25, -0.2) is 4.98 Å². The topological polar surface area (TPSA) is 57.4 Å². The highest BCUT2D eigenvalue weighted by Crippen LogP contribution is 2.41. The Kier molecular flexibility index (Phi) is 3.95. The zero-order valence-electron chi connectivity index (χ0n) is 14.9. The lowest BCUT2D eigenvalue weighted by molar-refractivity contribution is 0.101. The van der Waals surface area contributed by atoms with Crippen LogP contribution < -0.4 is 0 Å². The molecule has 1 aliphatic heterocycles. The highest BCUT2D eigenvalue weighted by Gasteiger charge is 2.34. The molecule has 1 saturated heterocycles. The normalized spacial score (nSPS) is 22.0. The fraction of sp³-hybridized carbons (Fsp3) is 0.474. The molecular formula is C19H23N5OS. The van der Waals surface area contributed by atoms with Crippen molar-refractivity contribution in [3.8, 4) is 11.7 Å². The van der Waals surface area contributed by atoms with Gasteiger partial charge >= 0.3 is 0 Å². The number of pyridine rings is 1. The molecule has 2 aliphatic rings. The lowest BCUT2D eigenvalue weighted by Gasteiger charge is -2.39.